The molecule has 0 spiro atoms. The highest BCUT2D eigenvalue weighted by Crippen LogP contribution is 2.15. The smallest absolute Gasteiger partial charge is 0.225 e. The van der Waals surface area contributed by atoms with Gasteiger partial charge in [0.1, 0.15) is 5.82 Å². The average molecular weight is 227 g/mol. The number of thioether (sulfide) groups is 1. The van der Waals surface area contributed by atoms with Crippen molar-refractivity contribution in [2.45, 2.75) is 13.3 Å². The van der Waals surface area contributed by atoms with Crippen molar-refractivity contribution in [3.8, 4) is 0 Å². The zero-order valence-corrected chi connectivity index (χ0v) is 9.66. The van der Waals surface area contributed by atoms with E-state index in [0.717, 1.165) is 11.3 Å². The predicted octanol–water partition coefficient (Wildman–Crippen LogP) is 2.83. The van der Waals surface area contributed by atoms with Crippen LogP contribution in [0.25, 0.3) is 0 Å². The van der Waals surface area contributed by atoms with Crippen LogP contribution in [-0.2, 0) is 4.79 Å². The molecule has 2 nitrogen and oxygen atoms in total. The molecule has 1 amide bonds. The van der Waals surface area contributed by atoms with E-state index >= 15 is 0 Å². The Bertz CT molecular complexity index is 354. The number of anilines is 1. The number of rotatable bonds is 4. The number of hydrogen-bond donors (Lipinski definition) is 1. The van der Waals surface area contributed by atoms with E-state index in [4.69, 9.17) is 0 Å². The van der Waals surface area contributed by atoms with Gasteiger partial charge >= 0.3 is 0 Å². The van der Waals surface area contributed by atoms with Crippen molar-refractivity contribution in [1.29, 1.82) is 0 Å². The minimum absolute atomic E-state index is 0.146. The molecule has 0 saturated heterocycles. The standard InChI is InChI=1S/C11H14FNOS/c1-8-3-4-10(9(12)7-8)13-11(14)5-6-15-2/h3-4,7H,5-6H2,1-2H3,(H,13,14). The maximum absolute atomic E-state index is 13.3. The molecule has 0 aliphatic heterocycles. The fraction of sp³-hybridized carbons (Fsp3) is 0.364. The molecule has 0 radical (unpaired) electrons. The summed E-state index contributed by atoms with van der Waals surface area (Å²) in [5, 5.41) is 2.54. The Morgan fingerprint density at radius 1 is 1.53 bits per heavy atom. The van der Waals surface area contributed by atoms with Gasteiger partial charge in [-0.3, -0.25) is 4.79 Å². The van der Waals surface area contributed by atoms with E-state index in [9.17, 15) is 9.18 Å². The first kappa shape index (κ1) is 12.0. The number of hydrogen-bond acceptors (Lipinski definition) is 2. The topological polar surface area (TPSA) is 29.1 Å². The number of benzene rings is 1. The van der Waals surface area contributed by atoms with Gasteiger partial charge in [-0.25, -0.2) is 4.39 Å². The van der Waals surface area contributed by atoms with Gasteiger partial charge in [-0.1, -0.05) is 6.07 Å². The normalized spacial score (nSPS) is 10.1. The number of nitrogens with one attached hydrogen (secondary N) is 1. The molecule has 1 rings (SSSR count). The van der Waals surface area contributed by atoms with Crippen LogP contribution in [0.15, 0.2) is 18.2 Å². The monoisotopic (exact) mass is 227 g/mol. The zero-order chi connectivity index (χ0) is 11.3. The van der Waals surface area contributed by atoms with Crippen LogP contribution in [0.2, 0.25) is 0 Å². The Morgan fingerprint density at radius 2 is 2.27 bits per heavy atom. The van der Waals surface area contributed by atoms with Crippen LogP contribution in [0.3, 0.4) is 0 Å². The third kappa shape index (κ3) is 3.91. The van der Waals surface area contributed by atoms with Gasteiger partial charge < -0.3 is 5.32 Å². The SMILES string of the molecule is CSCCC(=O)Nc1ccc(C)cc1F. The molecule has 0 aliphatic carbocycles. The minimum Gasteiger partial charge on any atom is -0.324 e. The Balaban J connectivity index is 2.60. The summed E-state index contributed by atoms with van der Waals surface area (Å²) in [6.07, 6.45) is 2.34. The van der Waals surface area contributed by atoms with E-state index in [0.29, 0.717) is 6.42 Å². The molecule has 1 aromatic carbocycles. The van der Waals surface area contributed by atoms with Gasteiger partial charge in [-0.05, 0) is 30.9 Å². The number of aryl methyl sites for hydroxylation is 1. The molecular weight excluding hydrogens is 213 g/mol. The largest absolute Gasteiger partial charge is 0.324 e. The third-order valence-electron chi connectivity index (χ3n) is 1.93. The van der Waals surface area contributed by atoms with Crippen LogP contribution in [0.1, 0.15) is 12.0 Å². The lowest BCUT2D eigenvalue weighted by atomic mass is 10.2. The highest BCUT2D eigenvalue weighted by molar-refractivity contribution is 7.98. The fourth-order valence-corrected chi connectivity index (χ4v) is 1.52. The average Bonchev–Trinajstić information content (AvgIpc) is 2.19. The first-order chi connectivity index (χ1) is 7.13. The number of amides is 1. The van der Waals surface area contributed by atoms with E-state index in [1.807, 2.05) is 13.2 Å². The third-order valence-corrected chi connectivity index (χ3v) is 2.54. The van der Waals surface area contributed by atoms with Crippen molar-refractivity contribution in [3.63, 3.8) is 0 Å². The van der Waals surface area contributed by atoms with Gasteiger partial charge in [0.2, 0.25) is 5.91 Å². The van der Waals surface area contributed by atoms with Crippen molar-refractivity contribution >= 4 is 23.4 Å². The van der Waals surface area contributed by atoms with E-state index in [-0.39, 0.29) is 17.4 Å². The second kappa shape index (κ2) is 5.75. The van der Waals surface area contributed by atoms with E-state index in [1.54, 1.807) is 23.9 Å². The first-order valence-corrected chi connectivity index (χ1v) is 6.08. The van der Waals surface area contributed by atoms with Crippen LogP contribution in [-0.4, -0.2) is 17.9 Å². The quantitative estimate of drug-likeness (QED) is 0.857. The number of halogens is 1. The summed E-state index contributed by atoms with van der Waals surface area (Å²) in [4.78, 5) is 11.3. The van der Waals surface area contributed by atoms with Crippen molar-refractivity contribution in [2.75, 3.05) is 17.3 Å². The molecule has 0 heterocycles. The van der Waals surface area contributed by atoms with Crippen LogP contribution < -0.4 is 5.32 Å². The summed E-state index contributed by atoms with van der Waals surface area (Å²) in [7, 11) is 0. The van der Waals surface area contributed by atoms with Gasteiger partial charge in [0.25, 0.3) is 0 Å². The van der Waals surface area contributed by atoms with Gasteiger partial charge in [0.15, 0.2) is 0 Å². The molecule has 0 unspecified atom stereocenters. The number of carbonyl (C=O) groups is 1. The highest BCUT2D eigenvalue weighted by atomic mass is 32.2. The lowest BCUT2D eigenvalue weighted by Gasteiger charge is -2.06. The maximum Gasteiger partial charge on any atom is 0.225 e. The van der Waals surface area contributed by atoms with E-state index in [2.05, 4.69) is 5.32 Å². The van der Waals surface area contributed by atoms with E-state index in [1.165, 1.54) is 6.07 Å². The van der Waals surface area contributed by atoms with Gasteiger partial charge in [0.05, 0.1) is 5.69 Å². The Labute approximate surface area is 93.3 Å². The van der Waals surface area contributed by atoms with Crippen molar-refractivity contribution < 1.29 is 9.18 Å². The minimum atomic E-state index is -0.382. The van der Waals surface area contributed by atoms with Crippen LogP contribution in [0.5, 0.6) is 0 Å². The molecule has 4 heteroatoms. The van der Waals surface area contributed by atoms with E-state index < -0.39 is 0 Å². The van der Waals surface area contributed by atoms with Crippen molar-refractivity contribution in [2.24, 2.45) is 0 Å². The van der Waals surface area contributed by atoms with Crippen LogP contribution in [0.4, 0.5) is 10.1 Å². The van der Waals surface area contributed by atoms with Gasteiger partial charge in [0, 0.05) is 12.2 Å². The summed E-state index contributed by atoms with van der Waals surface area (Å²) in [5.41, 5.74) is 1.10. The van der Waals surface area contributed by atoms with Gasteiger partial charge in [-0.2, -0.15) is 11.8 Å². The predicted molar refractivity (Wildman–Crippen MR) is 62.8 cm³/mol. The Kier molecular flexibility index (Phi) is 4.62. The summed E-state index contributed by atoms with van der Waals surface area (Å²) in [6.45, 7) is 1.81. The highest BCUT2D eigenvalue weighted by Gasteiger charge is 2.06. The first-order valence-electron chi connectivity index (χ1n) is 4.68. The maximum atomic E-state index is 13.3. The molecule has 0 aromatic heterocycles. The zero-order valence-electron chi connectivity index (χ0n) is 8.84. The van der Waals surface area contributed by atoms with Crippen molar-refractivity contribution in [3.05, 3.63) is 29.6 Å². The molecule has 0 fully saturated rings. The second-order valence-electron chi connectivity index (χ2n) is 3.27. The summed E-state index contributed by atoms with van der Waals surface area (Å²) in [5.74, 6) is 0.221. The molecule has 0 bridgehead atoms. The molecule has 1 N–H and O–H groups in total. The second-order valence-corrected chi connectivity index (χ2v) is 4.26. The molecule has 82 valence electrons. The Morgan fingerprint density at radius 3 is 2.87 bits per heavy atom. The summed E-state index contributed by atoms with van der Waals surface area (Å²) < 4.78 is 13.3. The summed E-state index contributed by atoms with van der Waals surface area (Å²) >= 11 is 1.59. The molecule has 0 atom stereocenters. The Hall–Kier alpha value is -1.03. The molecule has 0 aliphatic rings. The van der Waals surface area contributed by atoms with Gasteiger partial charge in [-0.15, -0.1) is 0 Å². The molecular formula is C11H14FNOS. The molecule has 0 saturated carbocycles. The lowest BCUT2D eigenvalue weighted by molar-refractivity contribution is -0.115. The fourth-order valence-electron chi connectivity index (χ4n) is 1.13. The van der Waals surface area contributed by atoms with Crippen molar-refractivity contribution in [1.82, 2.24) is 0 Å². The molecule has 15 heavy (non-hydrogen) atoms. The van der Waals surface area contributed by atoms with Crippen LogP contribution >= 0.6 is 11.8 Å². The lowest BCUT2D eigenvalue weighted by Crippen LogP contribution is -2.13. The number of carbonyl (C=O) groups excluding carboxylic acids is 1. The summed E-state index contributed by atoms with van der Waals surface area (Å²) in [6, 6.07) is 4.76. The molecule has 1 aromatic rings. The van der Waals surface area contributed by atoms with Crippen LogP contribution in [0, 0.1) is 12.7 Å².